The number of imide groups is 2. The minimum atomic E-state index is -0.558. The number of unbranched alkanes of at least 4 members (excludes halogenated alkanes) is 7. The van der Waals surface area contributed by atoms with Gasteiger partial charge in [0.05, 0.1) is 6.54 Å². The average Bonchev–Trinajstić information content (AvgIpc) is 3.05. The number of amides is 4. The molecular weight excluding hydrogens is 404 g/mol. The molecule has 1 rings (SSSR count). The summed E-state index contributed by atoms with van der Waals surface area (Å²) in [5.74, 6) is -1.90. The summed E-state index contributed by atoms with van der Waals surface area (Å²) in [6.07, 6.45) is 9.28. The normalized spacial score (nSPS) is 13.4. The van der Waals surface area contributed by atoms with Gasteiger partial charge in [0, 0.05) is 32.1 Å². The molecule has 1 saturated heterocycles. The molecule has 31 heavy (non-hydrogen) atoms. The van der Waals surface area contributed by atoms with Gasteiger partial charge in [0.15, 0.2) is 5.78 Å². The van der Waals surface area contributed by atoms with Crippen LogP contribution in [0.4, 0.5) is 0 Å². The maximum Gasteiger partial charge on any atom is 0.333 e. The summed E-state index contributed by atoms with van der Waals surface area (Å²) in [5.41, 5.74) is 0. The van der Waals surface area contributed by atoms with Crippen LogP contribution >= 0.6 is 0 Å². The second kappa shape index (κ2) is 15.3. The van der Waals surface area contributed by atoms with Crippen molar-refractivity contribution in [1.29, 1.82) is 0 Å². The van der Waals surface area contributed by atoms with Crippen molar-refractivity contribution in [3.63, 3.8) is 0 Å². The van der Waals surface area contributed by atoms with Gasteiger partial charge in [-0.2, -0.15) is 0 Å². The quantitative estimate of drug-likeness (QED) is 0.195. The summed E-state index contributed by atoms with van der Waals surface area (Å²) >= 11 is 0. The number of hydrogen-bond donors (Lipinski definition) is 0. The van der Waals surface area contributed by atoms with E-state index in [-0.39, 0.29) is 43.9 Å². The van der Waals surface area contributed by atoms with E-state index in [0.29, 0.717) is 30.7 Å². The van der Waals surface area contributed by atoms with Crippen LogP contribution in [0, 0.1) is 0 Å². The van der Waals surface area contributed by atoms with Crippen LogP contribution in [0.2, 0.25) is 0 Å². The van der Waals surface area contributed by atoms with Crippen molar-refractivity contribution in [1.82, 2.24) is 9.96 Å². The van der Waals surface area contributed by atoms with E-state index < -0.39 is 17.8 Å². The predicted molar refractivity (Wildman–Crippen MR) is 111 cm³/mol. The Morgan fingerprint density at radius 1 is 0.871 bits per heavy atom. The fourth-order valence-corrected chi connectivity index (χ4v) is 3.27. The van der Waals surface area contributed by atoms with Gasteiger partial charge in [-0.05, 0) is 19.3 Å². The van der Waals surface area contributed by atoms with E-state index in [2.05, 4.69) is 0 Å². The molecule has 1 aliphatic rings. The fraction of sp³-hybridized carbons (Fsp3) is 0.727. The van der Waals surface area contributed by atoms with E-state index in [1.807, 2.05) is 6.92 Å². The lowest BCUT2D eigenvalue weighted by Gasteiger charge is -2.14. The van der Waals surface area contributed by atoms with Gasteiger partial charge in [-0.3, -0.25) is 28.9 Å². The highest BCUT2D eigenvalue weighted by Gasteiger charge is 2.32. The number of nitrogens with zero attached hydrogens (tertiary/aromatic N) is 2. The standard InChI is InChI=1S/C22H34N2O7/c1-2-11-19(27)23(17-25)16-18(26)12-9-7-5-3-4-6-8-10-13-22(30)31-24-20(28)14-15-21(24)29/h17H,2-16H2,1H3. The molecule has 9 nitrogen and oxygen atoms in total. The summed E-state index contributed by atoms with van der Waals surface area (Å²) in [6, 6.07) is 0. The molecule has 0 atom stereocenters. The molecule has 0 aliphatic carbocycles. The van der Waals surface area contributed by atoms with Gasteiger partial charge in [0.1, 0.15) is 0 Å². The number of Topliss-reactive ketones (excluding diaryl/α,β-unsaturated/α-hetero) is 1. The molecular formula is C22H34N2O7. The van der Waals surface area contributed by atoms with E-state index in [9.17, 15) is 28.8 Å². The predicted octanol–water partition coefficient (Wildman–Crippen LogP) is 2.85. The Kier molecular flexibility index (Phi) is 13.0. The molecule has 0 aromatic heterocycles. The van der Waals surface area contributed by atoms with Crippen molar-refractivity contribution in [2.75, 3.05) is 6.54 Å². The Labute approximate surface area is 183 Å². The third-order valence-corrected chi connectivity index (χ3v) is 5.04. The van der Waals surface area contributed by atoms with Gasteiger partial charge in [-0.1, -0.05) is 45.4 Å². The van der Waals surface area contributed by atoms with Crippen molar-refractivity contribution in [3.05, 3.63) is 0 Å². The molecule has 1 aliphatic heterocycles. The monoisotopic (exact) mass is 438 g/mol. The van der Waals surface area contributed by atoms with E-state index >= 15 is 0 Å². The van der Waals surface area contributed by atoms with Gasteiger partial charge >= 0.3 is 5.97 Å². The minimum Gasteiger partial charge on any atom is -0.330 e. The Hall–Kier alpha value is -2.58. The minimum absolute atomic E-state index is 0.0933. The summed E-state index contributed by atoms with van der Waals surface area (Å²) in [5, 5.41) is 0.576. The smallest absolute Gasteiger partial charge is 0.330 e. The Balaban J connectivity index is 1.97. The Morgan fingerprint density at radius 2 is 1.39 bits per heavy atom. The first-order chi connectivity index (χ1) is 14.9. The van der Waals surface area contributed by atoms with Crippen LogP contribution < -0.4 is 0 Å². The van der Waals surface area contributed by atoms with E-state index in [1.165, 1.54) is 0 Å². The first-order valence-corrected chi connectivity index (χ1v) is 11.2. The highest BCUT2D eigenvalue weighted by atomic mass is 16.7. The number of hydrogen-bond acceptors (Lipinski definition) is 7. The summed E-state index contributed by atoms with van der Waals surface area (Å²) in [6.45, 7) is 1.71. The molecule has 0 aromatic rings. The lowest BCUT2D eigenvalue weighted by atomic mass is 10.1. The zero-order valence-corrected chi connectivity index (χ0v) is 18.4. The second-order valence-electron chi connectivity index (χ2n) is 7.79. The van der Waals surface area contributed by atoms with Crippen molar-refractivity contribution in [3.8, 4) is 0 Å². The van der Waals surface area contributed by atoms with Crippen LogP contribution in [-0.2, 0) is 33.6 Å². The van der Waals surface area contributed by atoms with Crippen LogP contribution in [0.1, 0.15) is 96.8 Å². The fourth-order valence-electron chi connectivity index (χ4n) is 3.27. The Bertz CT molecular complexity index is 632. The molecule has 1 heterocycles. The van der Waals surface area contributed by atoms with Crippen molar-refractivity contribution < 1.29 is 33.6 Å². The molecule has 0 aromatic carbocycles. The van der Waals surface area contributed by atoms with Crippen molar-refractivity contribution in [2.45, 2.75) is 96.8 Å². The average molecular weight is 439 g/mol. The molecule has 0 saturated carbocycles. The zero-order chi connectivity index (χ0) is 23.1. The van der Waals surface area contributed by atoms with Gasteiger partial charge in [0.2, 0.25) is 12.3 Å². The number of carbonyl (C=O) groups is 6. The highest BCUT2D eigenvalue weighted by Crippen LogP contribution is 2.14. The van der Waals surface area contributed by atoms with Crippen LogP contribution in [0.25, 0.3) is 0 Å². The molecule has 0 bridgehead atoms. The zero-order valence-electron chi connectivity index (χ0n) is 18.4. The summed E-state index contributed by atoms with van der Waals surface area (Å²) < 4.78 is 0. The lowest BCUT2D eigenvalue weighted by Crippen LogP contribution is -2.34. The largest absolute Gasteiger partial charge is 0.333 e. The first kappa shape index (κ1) is 26.5. The van der Waals surface area contributed by atoms with Gasteiger partial charge < -0.3 is 4.84 Å². The van der Waals surface area contributed by atoms with Crippen LogP contribution in [0.15, 0.2) is 0 Å². The first-order valence-electron chi connectivity index (χ1n) is 11.2. The number of hydroxylamine groups is 2. The van der Waals surface area contributed by atoms with Crippen molar-refractivity contribution >= 4 is 35.9 Å². The third-order valence-electron chi connectivity index (χ3n) is 5.04. The lowest BCUT2D eigenvalue weighted by molar-refractivity contribution is -0.197. The molecule has 4 amide bonds. The van der Waals surface area contributed by atoms with Gasteiger partial charge in [-0.15, -0.1) is 5.06 Å². The van der Waals surface area contributed by atoms with Crippen LogP contribution in [-0.4, -0.2) is 52.4 Å². The molecule has 0 radical (unpaired) electrons. The third kappa shape index (κ3) is 10.8. The summed E-state index contributed by atoms with van der Waals surface area (Å²) in [4.78, 5) is 74.7. The van der Waals surface area contributed by atoms with Crippen molar-refractivity contribution in [2.24, 2.45) is 0 Å². The highest BCUT2D eigenvalue weighted by molar-refractivity contribution is 6.01. The SMILES string of the molecule is CCCC(=O)N(C=O)CC(=O)CCCCCCCCCCC(=O)ON1C(=O)CCC1=O. The van der Waals surface area contributed by atoms with E-state index in [0.717, 1.165) is 49.8 Å². The molecule has 9 heteroatoms. The van der Waals surface area contributed by atoms with E-state index in [4.69, 9.17) is 4.84 Å². The number of carbonyl (C=O) groups excluding carboxylic acids is 6. The van der Waals surface area contributed by atoms with Gasteiger partial charge in [0.25, 0.3) is 11.8 Å². The maximum atomic E-state index is 11.9. The Morgan fingerprint density at radius 3 is 1.90 bits per heavy atom. The molecule has 0 unspecified atom stereocenters. The maximum absolute atomic E-state index is 11.9. The molecule has 174 valence electrons. The molecule has 1 fully saturated rings. The van der Waals surface area contributed by atoms with Gasteiger partial charge in [-0.25, -0.2) is 4.79 Å². The molecule has 0 spiro atoms. The summed E-state index contributed by atoms with van der Waals surface area (Å²) in [7, 11) is 0. The number of ketones is 1. The van der Waals surface area contributed by atoms with E-state index in [1.54, 1.807) is 0 Å². The number of rotatable bonds is 17. The van der Waals surface area contributed by atoms with Crippen LogP contribution in [0.5, 0.6) is 0 Å². The topological polar surface area (TPSA) is 118 Å². The van der Waals surface area contributed by atoms with Crippen LogP contribution in [0.3, 0.4) is 0 Å². The molecule has 0 N–H and O–H groups in total. The second-order valence-corrected chi connectivity index (χ2v) is 7.79.